The lowest BCUT2D eigenvalue weighted by Crippen LogP contribution is -2.34. The van der Waals surface area contributed by atoms with Crippen molar-refractivity contribution in [3.63, 3.8) is 0 Å². The molecule has 166 valence electrons. The van der Waals surface area contributed by atoms with Gasteiger partial charge in [0.25, 0.3) is 5.56 Å². The predicted molar refractivity (Wildman–Crippen MR) is 104 cm³/mol. The van der Waals surface area contributed by atoms with Crippen molar-refractivity contribution >= 4 is 17.3 Å². The molecule has 3 N–H and O–H groups in total. The molecule has 9 nitrogen and oxygen atoms in total. The van der Waals surface area contributed by atoms with Gasteiger partial charge < -0.3 is 20.1 Å². The Hall–Kier alpha value is -3.41. The minimum Gasteiger partial charge on any atom is -0.465 e. The molecule has 0 amide bonds. The van der Waals surface area contributed by atoms with Gasteiger partial charge in [-0.25, -0.2) is 14.3 Å². The molecule has 3 rings (SSSR count). The predicted octanol–water partition coefficient (Wildman–Crippen LogP) is 2.67. The van der Waals surface area contributed by atoms with E-state index in [0.29, 0.717) is 0 Å². The highest BCUT2D eigenvalue weighted by Gasteiger charge is 2.36. The molecule has 0 bridgehead atoms. The zero-order valence-corrected chi connectivity index (χ0v) is 17.0. The first-order valence-electron chi connectivity index (χ1n) is 9.04. The van der Waals surface area contributed by atoms with E-state index in [9.17, 15) is 27.9 Å². The number of methoxy groups -OCH3 is 1. The van der Waals surface area contributed by atoms with Crippen LogP contribution in [0, 0.1) is 5.41 Å². The number of nitrogens with one attached hydrogen (secondary N) is 2. The van der Waals surface area contributed by atoms with E-state index in [0.717, 1.165) is 23.9 Å². The van der Waals surface area contributed by atoms with Crippen LogP contribution in [0.25, 0.3) is 16.9 Å². The molecule has 0 aliphatic carbocycles. The van der Waals surface area contributed by atoms with Crippen LogP contribution in [-0.4, -0.2) is 44.0 Å². The summed E-state index contributed by atoms with van der Waals surface area (Å²) in [6.07, 6.45) is -3.88. The minimum atomic E-state index is -4.80. The lowest BCUT2D eigenvalue weighted by atomic mass is 9.94. The third-order valence-corrected chi connectivity index (χ3v) is 4.46. The van der Waals surface area contributed by atoms with Crippen LogP contribution in [-0.2, 0) is 10.9 Å². The van der Waals surface area contributed by atoms with Crippen molar-refractivity contribution in [2.24, 2.45) is 5.41 Å². The summed E-state index contributed by atoms with van der Waals surface area (Å²) in [5.41, 5.74) is -3.02. The van der Waals surface area contributed by atoms with Crippen molar-refractivity contribution in [1.29, 1.82) is 0 Å². The maximum Gasteiger partial charge on any atom is 0.417 e. The topological polar surface area (TPSA) is 122 Å². The smallest absolute Gasteiger partial charge is 0.417 e. The van der Waals surface area contributed by atoms with E-state index in [1.807, 2.05) is 0 Å². The molecule has 0 aliphatic rings. The summed E-state index contributed by atoms with van der Waals surface area (Å²) in [6, 6.07) is 1.94. The Labute approximate surface area is 173 Å². The molecular formula is C19H20F3N5O4. The van der Waals surface area contributed by atoms with Crippen LogP contribution in [0.5, 0.6) is 0 Å². The SMILES string of the molecule is COC(=O)c1cc2c(=O)[nH]c(-c3cnc(NC(O)C(C)(C)C)cc3C(F)(F)F)nn2c1. The number of anilines is 1. The number of aromatic amines is 1. The molecule has 0 saturated carbocycles. The number of hydrogen-bond acceptors (Lipinski definition) is 7. The van der Waals surface area contributed by atoms with Gasteiger partial charge in [0.1, 0.15) is 17.6 Å². The third kappa shape index (κ3) is 4.53. The van der Waals surface area contributed by atoms with Crippen molar-refractivity contribution in [3.8, 4) is 11.4 Å². The summed E-state index contributed by atoms with van der Waals surface area (Å²) in [7, 11) is 1.15. The average molecular weight is 439 g/mol. The largest absolute Gasteiger partial charge is 0.465 e. The third-order valence-electron chi connectivity index (χ3n) is 4.46. The summed E-state index contributed by atoms with van der Waals surface area (Å²) < 4.78 is 46.8. The zero-order valence-electron chi connectivity index (χ0n) is 17.0. The van der Waals surface area contributed by atoms with Gasteiger partial charge >= 0.3 is 12.1 Å². The summed E-state index contributed by atoms with van der Waals surface area (Å²) in [6.45, 7) is 5.10. The second kappa shape index (κ2) is 7.69. The number of aliphatic hydroxyl groups is 1. The molecule has 0 aromatic carbocycles. The number of esters is 1. The number of fused-ring (bicyclic) bond motifs is 1. The van der Waals surface area contributed by atoms with Gasteiger partial charge in [-0.15, -0.1) is 5.10 Å². The van der Waals surface area contributed by atoms with E-state index in [2.05, 4.69) is 25.1 Å². The summed E-state index contributed by atoms with van der Waals surface area (Å²) in [4.78, 5) is 30.2. The number of H-pyrrole nitrogens is 1. The van der Waals surface area contributed by atoms with Crippen molar-refractivity contribution < 1.29 is 27.8 Å². The second-order valence-electron chi connectivity index (χ2n) is 7.88. The molecule has 3 aromatic heterocycles. The summed E-state index contributed by atoms with van der Waals surface area (Å²) >= 11 is 0. The van der Waals surface area contributed by atoms with E-state index in [1.165, 1.54) is 12.3 Å². The average Bonchev–Trinajstić information content (AvgIpc) is 3.10. The van der Waals surface area contributed by atoms with Crippen LogP contribution < -0.4 is 10.9 Å². The van der Waals surface area contributed by atoms with Crippen LogP contribution in [0.1, 0.15) is 36.7 Å². The first kappa shape index (κ1) is 22.3. The highest BCUT2D eigenvalue weighted by atomic mass is 19.4. The number of halogens is 3. The van der Waals surface area contributed by atoms with Gasteiger partial charge in [-0.1, -0.05) is 20.8 Å². The van der Waals surface area contributed by atoms with Crippen molar-refractivity contribution in [3.05, 3.63) is 46.0 Å². The number of rotatable bonds is 4. The van der Waals surface area contributed by atoms with E-state index in [-0.39, 0.29) is 16.9 Å². The quantitative estimate of drug-likeness (QED) is 0.422. The Bertz CT molecular complexity index is 1190. The first-order valence-corrected chi connectivity index (χ1v) is 9.04. The monoisotopic (exact) mass is 439 g/mol. The lowest BCUT2D eigenvalue weighted by molar-refractivity contribution is -0.137. The Morgan fingerprint density at radius 2 is 1.97 bits per heavy atom. The highest BCUT2D eigenvalue weighted by molar-refractivity contribution is 5.90. The Kier molecular flexibility index (Phi) is 5.53. The van der Waals surface area contributed by atoms with Gasteiger partial charge in [0.15, 0.2) is 5.82 Å². The maximum atomic E-state index is 13.7. The normalized spacial score (nSPS) is 13.3. The van der Waals surface area contributed by atoms with Crippen molar-refractivity contribution in [2.75, 3.05) is 12.4 Å². The number of pyridine rings is 1. The number of ether oxygens (including phenoxy) is 1. The summed E-state index contributed by atoms with van der Waals surface area (Å²) in [5, 5.41) is 16.6. The van der Waals surface area contributed by atoms with Crippen LogP contribution in [0.4, 0.5) is 19.0 Å². The van der Waals surface area contributed by atoms with Gasteiger partial charge in [-0.3, -0.25) is 4.79 Å². The van der Waals surface area contributed by atoms with Crippen molar-refractivity contribution in [2.45, 2.75) is 33.2 Å². The molecule has 0 saturated heterocycles. The van der Waals surface area contributed by atoms with Gasteiger partial charge in [0.05, 0.1) is 18.2 Å². The molecule has 0 fully saturated rings. The maximum absolute atomic E-state index is 13.7. The Morgan fingerprint density at radius 3 is 2.55 bits per heavy atom. The van der Waals surface area contributed by atoms with Gasteiger partial charge in [-0.05, 0) is 12.1 Å². The van der Waals surface area contributed by atoms with Crippen molar-refractivity contribution in [1.82, 2.24) is 19.6 Å². The number of carbonyl (C=O) groups is 1. The van der Waals surface area contributed by atoms with Gasteiger partial charge in [0.2, 0.25) is 0 Å². The Balaban J connectivity index is 2.12. The zero-order chi connectivity index (χ0) is 23.1. The molecule has 0 spiro atoms. The molecule has 12 heteroatoms. The van der Waals surface area contributed by atoms with Crippen LogP contribution in [0.3, 0.4) is 0 Å². The van der Waals surface area contributed by atoms with Crippen LogP contribution in [0.2, 0.25) is 0 Å². The van der Waals surface area contributed by atoms with Gasteiger partial charge in [-0.2, -0.15) is 13.2 Å². The number of hydrogen-bond donors (Lipinski definition) is 3. The Morgan fingerprint density at radius 1 is 1.29 bits per heavy atom. The summed E-state index contributed by atoms with van der Waals surface area (Å²) in [5.74, 6) is -1.32. The number of alkyl halides is 3. The molecule has 1 unspecified atom stereocenters. The highest BCUT2D eigenvalue weighted by Crippen LogP contribution is 2.37. The van der Waals surface area contributed by atoms with E-state index < -0.39 is 46.3 Å². The second-order valence-corrected chi connectivity index (χ2v) is 7.88. The molecule has 0 aliphatic heterocycles. The molecule has 0 radical (unpaired) electrons. The number of carbonyl (C=O) groups excluding carboxylic acids is 1. The lowest BCUT2D eigenvalue weighted by Gasteiger charge is -2.27. The minimum absolute atomic E-state index is 0.0162. The molecule has 3 aromatic rings. The van der Waals surface area contributed by atoms with Gasteiger partial charge in [0, 0.05) is 23.4 Å². The number of aliphatic hydroxyl groups excluding tert-OH is 1. The first-order chi connectivity index (χ1) is 14.3. The molecule has 31 heavy (non-hydrogen) atoms. The van der Waals surface area contributed by atoms with E-state index in [1.54, 1.807) is 20.8 Å². The fourth-order valence-electron chi connectivity index (χ4n) is 2.67. The number of aromatic nitrogens is 4. The fraction of sp³-hybridized carbons (Fsp3) is 0.368. The fourth-order valence-corrected chi connectivity index (χ4v) is 2.67. The molecule has 1 atom stereocenters. The van der Waals surface area contributed by atoms with E-state index >= 15 is 0 Å². The molecule has 3 heterocycles. The van der Waals surface area contributed by atoms with Crippen LogP contribution in [0.15, 0.2) is 29.3 Å². The number of nitrogens with zero attached hydrogens (tertiary/aromatic N) is 3. The van der Waals surface area contributed by atoms with E-state index in [4.69, 9.17) is 0 Å². The molecular weight excluding hydrogens is 419 g/mol. The van der Waals surface area contributed by atoms with Crippen LogP contribution >= 0.6 is 0 Å². The standard InChI is InChI=1S/C19H20F3N5O4/c1-18(2,3)17(30)24-13-6-11(19(20,21)22)10(7-23-13)14-25-15(28)12-5-9(16(29)31-4)8-27(12)26-14/h5-8,17,30H,1-4H3,(H,23,24)(H,25,26,28).